The third kappa shape index (κ3) is 2.83. The molecular formula is C14H16N2. The van der Waals surface area contributed by atoms with Gasteiger partial charge in [0.15, 0.2) is 0 Å². The summed E-state index contributed by atoms with van der Waals surface area (Å²) >= 11 is 0. The van der Waals surface area contributed by atoms with E-state index in [2.05, 4.69) is 47.6 Å². The summed E-state index contributed by atoms with van der Waals surface area (Å²) in [6, 6.07) is 12.6. The number of nitrogens with zero attached hydrogens (tertiary/aromatic N) is 1. The van der Waals surface area contributed by atoms with Crippen LogP contribution in [0.4, 0.5) is 5.82 Å². The van der Waals surface area contributed by atoms with E-state index in [0.29, 0.717) is 0 Å². The first-order chi connectivity index (χ1) is 7.74. The molecule has 1 aromatic carbocycles. The molecule has 0 radical (unpaired) electrons. The Balaban J connectivity index is 1.97. The zero-order chi connectivity index (χ0) is 11.4. The number of hydrogen-bond acceptors (Lipinski definition) is 2. The minimum absolute atomic E-state index is 0.816. The lowest BCUT2D eigenvalue weighted by molar-refractivity contribution is 1.10. The van der Waals surface area contributed by atoms with Gasteiger partial charge in [-0.3, -0.25) is 0 Å². The Hall–Kier alpha value is -1.83. The predicted octanol–water partition coefficient (Wildman–Crippen LogP) is 3.31. The molecule has 0 atom stereocenters. The third-order valence-corrected chi connectivity index (χ3v) is 2.51. The lowest BCUT2D eigenvalue weighted by Gasteiger charge is -2.06. The van der Waals surface area contributed by atoms with Crippen LogP contribution >= 0.6 is 0 Å². The molecule has 0 unspecified atom stereocenters. The van der Waals surface area contributed by atoms with Gasteiger partial charge in [-0.15, -0.1) is 0 Å². The number of aromatic nitrogens is 1. The lowest BCUT2D eigenvalue weighted by Crippen LogP contribution is -2.00. The molecule has 1 heterocycles. The van der Waals surface area contributed by atoms with Crippen molar-refractivity contribution in [2.45, 2.75) is 20.4 Å². The van der Waals surface area contributed by atoms with E-state index in [1.807, 2.05) is 19.2 Å². The second-order valence-electron chi connectivity index (χ2n) is 4.06. The highest BCUT2D eigenvalue weighted by Gasteiger charge is 1.94. The minimum Gasteiger partial charge on any atom is -0.366 e. The Labute approximate surface area is 96.4 Å². The predicted molar refractivity (Wildman–Crippen MR) is 67.5 cm³/mol. The summed E-state index contributed by atoms with van der Waals surface area (Å²) in [7, 11) is 0. The van der Waals surface area contributed by atoms with Crippen LogP contribution in [0.25, 0.3) is 0 Å². The number of pyridine rings is 1. The SMILES string of the molecule is Cc1ccc(CNc2ccc(C)cn2)cc1. The van der Waals surface area contributed by atoms with E-state index in [9.17, 15) is 0 Å². The van der Waals surface area contributed by atoms with Crippen molar-refractivity contribution < 1.29 is 0 Å². The van der Waals surface area contributed by atoms with Crippen molar-refractivity contribution in [1.29, 1.82) is 0 Å². The van der Waals surface area contributed by atoms with Crippen LogP contribution in [0.1, 0.15) is 16.7 Å². The van der Waals surface area contributed by atoms with E-state index in [-0.39, 0.29) is 0 Å². The average molecular weight is 212 g/mol. The van der Waals surface area contributed by atoms with Gasteiger partial charge in [0.1, 0.15) is 5.82 Å². The van der Waals surface area contributed by atoms with Crippen LogP contribution < -0.4 is 5.32 Å². The normalized spacial score (nSPS) is 10.1. The largest absolute Gasteiger partial charge is 0.366 e. The van der Waals surface area contributed by atoms with Crippen molar-refractivity contribution in [1.82, 2.24) is 4.98 Å². The summed E-state index contributed by atoms with van der Waals surface area (Å²) in [5.74, 6) is 0.922. The van der Waals surface area contributed by atoms with Gasteiger partial charge in [-0.25, -0.2) is 4.98 Å². The summed E-state index contributed by atoms with van der Waals surface area (Å²) in [6.07, 6.45) is 1.87. The maximum absolute atomic E-state index is 4.30. The first-order valence-corrected chi connectivity index (χ1v) is 5.46. The lowest BCUT2D eigenvalue weighted by atomic mass is 10.1. The molecular weight excluding hydrogens is 196 g/mol. The first kappa shape index (κ1) is 10.7. The van der Waals surface area contributed by atoms with Gasteiger partial charge in [-0.05, 0) is 31.0 Å². The monoisotopic (exact) mass is 212 g/mol. The Morgan fingerprint density at radius 1 is 0.938 bits per heavy atom. The van der Waals surface area contributed by atoms with Gasteiger partial charge < -0.3 is 5.32 Å². The molecule has 0 fully saturated rings. The first-order valence-electron chi connectivity index (χ1n) is 5.46. The minimum atomic E-state index is 0.816. The quantitative estimate of drug-likeness (QED) is 0.844. The molecule has 0 saturated carbocycles. The van der Waals surface area contributed by atoms with Gasteiger partial charge in [0.05, 0.1) is 0 Å². The molecule has 0 amide bonds. The van der Waals surface area contributed by atoms with Crippen LogP contribution in [0.15, 0.2) is 42.6 Å². The molecule has 82 valence electrons. The van der Waals surface area contributed by atoms with Crippen molar-refractivity contribution in [3.63, 3.8) is 0 Å². The summed E-state index contributed by atoms with van der Waals surface area (Å²) in [5, 5.41) is 3.30. The van der Waals surface area contributed by atoms with Gasteiger partial charge in [-0.2, -0.15) is 0 Å². The van der Waals surface area contributed by atoms with E-state index in [0.717, 1.165) is 12.4 Å². The van der Waals surface area contributed by atoms with Crippen molar-refractivity contribution >= 4 is 5.82 Å². The van der Waals surface area contributed by atoms with Gasteiger partial charge in [0.2, 0.25) is 0 Å². The summed E-state index contributed by atoms with van der Waals surface area (Å²) < 4.78 is 0. The maximum Gasteiger partial charge on any atom is 0.126 e. The maximum atomic E-state index is 4.30. The summed E-state index contributed by atoms with van der Waals surface area (Å²) in [4.78, 5) is 4.30. The molecule has 1 aromatic heterocycles. The zero-order valence-electron chi connectivity index (χ0n) is 9.70. The molecule has 0 aliphatic heterocycles. The fourth-order valence-electron chi connectivity index (χ4n) is 1.47. The Kier molecular flexibility index (Phi) is 3.20. The van der Waals surface area contributed by atoms with Crippen molar-refractivity contribution in [2.24, 2.45) is 0 Å². The number of nitrogens with one attached hydrogen (secondary N) is 1. The van der Waals surface area contributed by atoms with E-state index >= 15 is 0 Å². The Morgan fingerprint density at radius 2 is 1.62 bits per heavy atom. The molecule has 2 aromatic rings. The second kappa shape index (κ2) is 4.79. The van der Waals surface area contributed by atoms with Crippen LogP contribution in [-0.4, -0.2) is 4.98 Å². The van der Waals surface area contributed by atoms with E-state index in [1.165, 1.54) is 16.7 Å². The van der Waals surface area contributed by atoms with Crippen LogP contribution in [0.5, 0.6) is 0 Å². The van der Waals surface area contributed by atoms with Crippen molar-refractivity contribution in [3.05, 3.63) is 59.3 Å². The fraction of sp³-hybridized carbons (Fsp3) is 0.214. The molecule has 2 rings (SSSR count). The molecule has 2 heteroatoms. The number of aryl methyl sites for hydroxylation is 2. The smallest absolute Gasteiger partial charge is 0.126 e. The standard InChI is InChI=1S/C14H16N2/c1-11-3-6-13(7-4-11)10-16-14-8-5-12(2)9-15-14/h3-9H,10H2,1-2H3,(H,15,16). The molecule has 0 saturated heterocycles. The number of anilines is 1. The van der Waals surface area contributed by atoms with Crippen LogP contribution in [0, 0.1) is 13.8 Å². The highest BCUT2D eigenvalue weighted by Crippen LogP contribution is 2.08. The van der Waals surface area contributed by atoms with Crippen molar-refractivity contribution in [2.75, 3.05) is 5.32 Å². The van der Waals surface area contributed by atoms with Crippen molar-refractivity contribution in [3.8, 4) is 0 Å². The third-order valence-electron chi connectivity index (χ3n) is 2.51. The topological polar surface area (TPSA) is 24.9 Å². The van der Waals surface area contributed by atoms with Crippen LogP contribution in [0.3, 0.4) is 0 Å². The molecule has 0 bridgehead atoms. The highest BCUT2D eigenvalue weighted by atomic mass is 15.0. The van der Waals surface area contributed by atoms with Gasteiger partial charge >= 0.3 is 0 Å². The highest BCUT2D eigenvalue weighted by molar-refractivity contribution is 5.36. The Morgan fingerprint density at radius 3 is 2.25 bits per heavy atom. The zero-order valence-corrected chi connectivity index (χ0v) is 9.70. The second-order valence-corrected chi connectivity index (χ2v) is 4.06. The number of rotatable bonds is 3. The van der Waals surface area contributed by atoms with Gasteiger partial charge in [0, 0.05) is 12.7 Å². The molecule has 0 spiro atoms. The summed E-state index contributed by atoms with van der Waals surface area (Å²) in [6.45, 7) is 4.95. The van der Waals surface area contributed by atoms with E-state index < -0.39 is 0 Å². The number of benzene rings is 1. The van der Waals surface area contributed by atoms with Gasteiger partial charge in [0.25, 0.3) is 0 Å². The fourth-order valence-corrected chi connectivity index (χ4v) is 1.47. The van der Waals surface area contributed by atoms with E-state index in [4.69, 9.17) is 0 Å². The molecule has 0 aliphatic carbocycles. The molecule has 0 aliphatic rings. The molecule has 2 nitrogen and oxygen atoms in total. The summed E-state index contributed by atoms with van der Waals surface area (Å²) in [5.41, 5.74) is 3.74. The number of hydrogen-bond donors (Lipinski definition) is 1. The van der Waals surface area contributed by atoms with E-state index in [1.54, 1.807) is 0 Å². The van der Waals surface area contributed by atoms with Crippen LogP contribution in [0.2, 0.25) is 0 Å². The Bertz CT molecular complexity index is 398. The van der Waals surface area contributed by atoms with Gasteiger partial charge in [-0.1, -0.05) is 35.9 Å². The average Bonchev–Trinajstić information content (AvgIpc) is 2.30. The van der Waals surface area contributed by atoms with Crippen LogP contribution in [-0.2, 0) is 6.54 Å². The molecule has 1 N–H and O–H groups in total. The molecule has 16 heavy (non-hydrogen) atoms.